The van der Waals surface area contributed by atoms with E-state index in [9.17, 15) is 26.4 Å². The molecule has 1 unspecified atom stereocenters. The number of hydrogen-bond donors (Lipinski definition) is 0. The Morgan fingerprint density at radius 3 is 1.63 bits per heavy atom. The molecule has 0 aliphatic rings. The Bertz CT molecular complexity index is 1640. The van der Waals surface area contributed by atoms with Crippen LogP contribution in [-0.2, 0) is 25.5 Å². The van der Waals surface area contributed by atoms with Gasteiger partial charge in [-0.25, -0.2) is 0 Å². The number of carbonyl (C=O) groups is 1. The van der Waals surface area contributed by atoms with Gasteiger partial charge in [-0.3, -0.25) is 8.98 Å². The van der Waals surface area contributed by atoms with Gasteiger partial charge >= 0.3 is 21.6 Å². The molecule has 1 atom stereocenters. The van der Waals surface area contributed by atoms with Crippen molar-refractivity contribution in [1.82, 2.24) is 0 Å². The minimum atomic E-state index is -5.79. The SMILES string of the molecule is CC(=O)Oc1ccc(C(Cc2ccc(C)cc2)OS(=O)(=O)C(F)(F)F)cc1.c1ccc2cc3ccccc3cc2c1. The van der Waals surface area contributed by atoms with Crippen LogP contribution in [0.5, 0.6) is 5.75 Å². The number of rotatable bonds is 6. The molecule has 0 N–H and O–H groups in total. The fourth-order valence-electron chi connectivity index (χ4n) is 4.15. The van der Waals surface area contributed by atoms with E-state index in [2.05, 4.69) is 64.8 Å². The molecule has 0 saturated carbocycles. The van der Waals surface area contributed by atoms with E-state index in [4.69, 9.17) is 4.74 Å². The van der Waals surface area contributed by atoms with Gasteiger partial charge in [-0.2, -0.15) is 21.6 Å². The monoisotopic (exact) mass is 580 g/mol. The van der Waals surface area contributed by atoms with Crippen molar-refractivity contribution in [3.05, 3.63) is 126 Å². The number of halogens is 3. The molecule has 5 rings (SSSR count). The lowest BCUT2D eigenvalue weighted by Crippen LogP contribution is -2.28. The highest BCUT2D eigenvalue weighted by atomic mass is 32.2. The van der Waals surface area contributed by atoms with Gasteiger partial charge in [0.1, 0.15) is 11.9 Å². The smallest absolute Gasteiger partial charge is 0.427 e. The molecule has 0 bridgehead atoms. The summed E-state index contributed by atoms with van der Waals surface area (Å²) in [5.41, 5.74) is -3.79. The van der Waals surface area contributed by atoms with E-state index < -0.39 is 27.7 Å². The maximum atomic E-state index is 12.7. The summed E-state index contributed by atoms with van der Waals surface area (Å²) < 4.78 is 70.5. The van der Waals surface area contributed by atoms with Crippen molar-refractivity contribution in [2.45, 2.75) is 31.9 Å². The molecule has 5 nitrogen and oxygen atoms in total. The number of ether oxygens (including phenoxy) is 1. The van der Waals surface area contributed by atoms with Gasteiger partial charge < -0.3 is 4.74 Å². The third kappa shape index (κ3) is 7.93. The maximum Gasteiger partial charge on any atom is 0.523 e. The molecule has 0 amide bonds. The third-order valence-electron chi connectivity index (χ3n) is 6.20. The van der Waals surface area contributed by atoms with Crippen LogP contribution in [0.2, 0.25) is 0 Å². The van der Waals surface area contributed by atoms with Crippen LogP contribution >= 0.6 is 0 Å². The number of carbonyl (C=O) groups excluding carboxylic acids is 1. The maximum absolute atomic E-state index is 12.7. The molecule has 9 heteroatoms. The first-order chi connectivity index (χ1) is 19.4. The van der Waals surface area contributed by atoms with Crippen LogP contribution in [0.25, 0.3) is 21.5 Å². The van der Waals surface area contributed by atoms with Crippen LogP contribution in [0.1, 0.15) is 29.7 Å². The van der Waals surface area contributed by atoms with Crippen LogP contribution in [0.3, 0.4) is 0 Å². The number of benzene rings is 5. The zero-order valence-corrected chi connectivity index (χ0v) is 23.1. The van der Waals surface area contributed by atoms with Crippen molar-refractivity contribution in [2.24, 2.45) is 0 Å². The van der Waals surface area contributed by atoms with Crippen molar-refractivity contribution in [3.8, 4) is 5.75 Å². The van der Waals surface area contributed by atoms with Gasteiger partial charge in [0, 0.05) is 13.3 Å². The molecule has 0 spiro atoms. The van der Waals surface area contributed by atoms with Crippen LogP contribution in [-0.4, -0.2) is 19.9 Å². The first-order valence-electron chi connectivity index (χ1n) is 12.6. The van der Waals surface area contributed by atoms with Crippen LogP contribution < -0.4 is 4.74 Å². The van der Waals surface area contributed by atoms with Crippen molar-refractivity contribution < 1.29 is 35.3 Å². The van der Waals surface area contributed by atoms with E-state index >= 15 is 0 Å². The molecule has 0 aromatic heterocycles. The summed E-state index contributed by atoms with van der Waals surface area (Å²) in [6.07, 6.45) is -1.49. The quantitative estimate of drug-likeness (QED) is 0.0668. The zero-order chi connectivity index (χ0) is 29.6. The van der Waals surface area contributed by atoms with E-state index in [1.807, 2.05) is 6.92 Å². The Kier molecular flexibility index (Phi) is 9.10. The number of esters is 1. The standard InChI is InChI=1S/C18H17F3O5S.C14H10/c1-12-3-5-14(6-4-12)11-17(26-27(23,24)18(19,20)21)15-7-9-16(10-8-15)25-13(2)22;1-2-6-12-10-14-8-4-3-7-13(14)9-11(12)5-1/h3-10,17H,11H2,1-2H3;1-10H. The number of alkyl halides is 3. The molecule has 0 fully saturated rings. The molecule has 5 aromatic carbocycles. The molecule has 41 heavy (non-hydrogen) atoms. The Morgan fingerprint density at radius 2 is 1.22 bits per heavy atom. The van der Waals surface area contributed by atoms with Crippen LogP contribution in [0.15, 0.2) is 109 Å². The van der Waals surface area contributed by atoms with Gasteiger partial charge in [-0.05, 0) is 63.9 Å². The van der Waals surface area contributed by atoms with Crippen molar-refractivity contribution >= 4 is 37.6 Å². The van der Waals surface area contributed by atoms with Gasteiger partial charge in [0.2, 0.25) is 0 Å². The van der Waals surface area contributed by atoms with Crippen molar-refractivity contribution in [3.63, 3.8) is 0 Å². The fourth-order valence-corrected chi connectivity index (χ4v) is 4.75. The highest BCUT2D eigenvalue weighted by molar-refractivity contribution is 7.87. The average molecular weight is 581 g/mol. The molecule has 5 aromatic rings. The largest absolute Gasteiger partial charge is 0.523 e. The summed E-state index contributed by atoms with van der Waals surface area (Å²) in [5.74, 6) is -0.381. The Morgan fingerprint density at radius 1 is 0.756 bits per heavy atom. The van der Waals surface area contributed by atoms with Crippen LogP contribution in [0, 0.1) is 6.92 Å². The molecule has 0 aliphatic carbocycles. The lowest BCUT2D eigenvalue weighted by atomic mass is 10.0. The highest BCUT2D eigenvalue weighted by Gasteiger charge is 2.48. The van der Waals surface area contributed by atoms with Gasteiger partial charge in [0.05, 0.1) is 0 Å². The zero-order valence-electron chi connectivity index (χ0n) is 22.3. The van der Waals surface area contributed by atoms with E-state index in [0.29, 0.717) is 5.56 Å². The Hall–Kier alpha value is -4.21. The third-order valence-corrected chi connectivity index (χ3v) is 7.25. The van der Waals surface area contributed by atoms with Gasteiger partial charge in [0.25, 0.3) is 0 Å². The van der Waals surface area contributed by atoms with Gasteiger partial charge in [-0.15, -0.1) is 0 Å². The summed E-state index contributed by atoms with van der Waals surface area (Å²) in [6, 6.07) is 33.7. The predicted molar refractivity (Wildman–Crippen MR) is 153 cm³/mol. The molecule has 212 valence electrons. The highest BCUT2D eigenvalue weighted by Crippen LogP contribution is 2.33. The normalized spacial score (nSPS) is 12.4. The number of hydrogen-bond acceptors (Lipinski definition) is 5. The molecular weight excluding hydrogens is 553 g/mol. The predicted octanol–water partition coefficient (Wildman–Crippen LogP) is 8.06. The number of fused-ring (bicyclic) bond motifs is 2. The first kappa shape index (κ1) is 29.8. The Balaban J connectivity index is 0.000000228. The van der Waals surface area contributed by atoms with E-state index in [0.717, 1.165) is 5.56 Å². The molecule has 0 saturated heterocycles. The summed E-state index contributed by atoms with van der Waals surface area (Å²) in [7, 11) is -5.79. The molecular formula is C32H27F3O5S. The second-order valence-electron chi connectivity index (χ2n) is 9.38. The summed E-state index contributed by atoms with van der Waals surface area (Å²) in [6.45, 7) is 3.05. The number of aryl methyl sites for hydroxylation is 1. The minimum absolute atomic E-state index is 0.0947. The molecule has 0 radical (unpaired) electrons. The second kappa shape index (κ2) is 12.5. The van der Waals surface area contributed by atoms with Crippen LogP contribution in [0.4, 0.5) is 13.2 Å². The molecule has 0 heterocycles. The van der Waals surface area contributed by atoms with Crippen molar-refractivity contribution in [2.75, 3.05) is 0 Å². The van der Waals surface area contributed by atoms with E-state index in [1.165, 1.54) is 52.7 Å². The van der Waals surface area contributed by atoms with E-state index in [-0.39, 0.29) is 17.7 Å². The fraction of sp³-hybridized carbons (Fsp3) is 0.156. The lowest BCUT2D eigenvalue weighted by molar-refractivity contribution is -0.131. The summed E-state index contributed by atoms with van der Waals surface area (Å²) in [5, 5.41) is 5.25. The first-order valence-corrected chi connectivity index (χ1v) is 14.0. The average Bonchev–Trinajstić information content (AvgIpc) is 2.92. The van der Waals surface area contributed by atoms with Gasteiger partial charge in [-0.1, -0.05) is 90.5 Å². The van der Waals surface area contributed by atoms with Gasteiger partial charge in [0.15, 0.2) is 0 Å². The summed E-state index contributed by atoms with van der Waals surface area (Å²) in [4.78, 5) is 10.9. The topological polar surface area (TPSA) is 69.7 Å². The molecule has 0 aliphatic heterocycles. The van der Waals surface area contributed by atoms with Crippen molar-refractivity contribution in [1.29, 1.82) is 0 Å². The lowest BCUT2D eigenvalue weighted by Gasteiger charge is -2.19. The second-order valence-corrected chi connectivity index (χ2v) is 10.9. The van der Waals surface area contributed by atoms with E-state index in [1.54, 1.807) is 24.3 Å². The Labute approximate surface area is 236 Å². The minimum Gasteiger partial charge on any atom is -0.427 e. The summed E-state index contributed by atoms with van der Waals surface area (Å²) >= 11 is 0.